The van der Waals surface area contributed by atoms with Gasteiger partial charge in [-0.05, 0) is 18.8 Å². The highest BCUT2D eigenvalue weighted by molar-refractivity contribution is 5.90. The molecule has 18 heavy (non-hydrogen) atoms. The number of hydrogen-bond donors (Lipinski definition) is 0. The lowest BCUT2D eigenvalue weighted by Gasteiger charge is -2.52. The van der Waals surface area contributed by atoms with Gasteiger partial charge in [-0.1, -0.05) is 44.1 Å². The summed E-state index contributed by atoms with van der Waals surface area (Å²) in [5.41, 5.74) is 1.60. The van der Waals surface area contributed by atoms with Gasteiger partial charge < -0.3 is 4.74 Å². The van der Waals surface area contributed by atoms with Crippen molar-refractivity contribution in [3.8, 4) is 0 Å². The Hall–Kier alpha value is -0.890. The van der Waals surface area contributed by atoms with Gasteiger partial charge in [0.05, 0.1) is 24.0 Å². The van der Waals surface area contributed by atoms with Gasteiger partial charge in [0.15, 0.2) is 0 Å². The number of carbonyl (C=O) groups excluding carboxylic acids is 1. The first kappa shape index (κ1) is 11.0. The van der Waals surface area contributed by atoms with Crippen LogP contribution in [0.4, 0.5) is 0 Å². The van der Waals surface area contributed by atoms with Gasteiger partial charge in [0.2, 0.25) is 0 Å². The number of rotatable bonds is 0. The lowest BCUT2D eigenvalue weighted by molar-refractivity contribution is -0.153. The van der Waals surface area contributed by atoms with Crippen molar-refractivity contribution in [2.45, 2.75) is 45.3 Å². The average Bonchev–Trinajstić information content (AvgIpc) is 2.73. The van der Waals surface area contributed by atoms with E-state index in [9.17, 15) is 4.79 Å². The van der Waals surface area contributed by atoms with Crippen LogP contribution >= 0.6 is 0 Å². The maximum atomic E-state index is 12.7. The van der Waals surface area contributed by atoms with Crippen LogP contribution in [0.15, 0.2) is 23.8 Å². The van der Waals surface area contributed by atoms with Gasteiger partial charge >= 0.3 is 0 Å². The molecule has 1 saturated heterocycles. The highest BCUT2D eigenvalue weighted by Crippen LogP contribution is 2.57. The van der Waals surface area contributed by atoms with Gasteiger partial charge in [-0.15, -0.1) is 0 Å². The summed E-state index contributed by atoms with van der Waals surface area (Å²) in [6, 6.07) is 0. The number of hydrogen-bond acceptors (Lipinski definition) is 2. The summed E-state index contributed by atoms with van der Waals surface area (Å²) in [4.78, 5) is 12.7. The molecule has 0 spiro atoms. The van der Waals surface area contributed by atoms with Crippen molar-refractivity contribution in [1.82, 2.24) is 0 Å². The van der Waals surface area contributed by atoms with Crippen LogP contribution in [0.5, 0.6) is 0 Å². The zero-order valence-corrected chi connectivity index (χ0v) is 11.1. The van der Waals surface area contributed by atoms with E-state index < -0.39 is 0 Å². The van der Waals surface area contributed by atoms with E-state index >= 15 is 0 Å². The van der Waals surface area contributed by atoms with E-state index in [1.807, 2.05) is 0 Å². The zero-order chi connectivity index (χ0) is 12.5. The van der Waals surface area contributed by atoms with Crippen LogP contribution in [0.2, 0.25) is 0 Å². The molecule has 0 aromatic carbocycles. The second-order valence-corrected chi connectivity index (χ2v) is 6.69. The fourth-order valence-corrected chi connectivity index (χ4v) is 4.79. The SMILES string of the molecule is C[C@H]1CCC[C@@]2(C)C1=CC1C(=O)C2C2C=CC1O2. The molecule has 4 aliphatic rings. The van der Waals surface area contributed by atoms with Crippen LogP contribution in [0, 0.1) is 23.2 Å². The minimum atomic E-state index is -0.00590. The molecule has 0 radical (unpaired) electrons. The van der Waals surface area contributed by atoms with Crippen LogP contribution < -0.4 is 0 Å². The Kier molecular flexibility index (Phi) is 2.05. The maximum Gasteiger partial charge on any atom is 0.149 e. The van der Waals surface area contributed by atoms with Gasteiger partial charge in [0, 0.05) is 5.41 Å². The molecule has 2 heterocycles. The van der Waals surface area contributed by atoms with Crippen molar-refractivity contribution in [3.05, 3.63) is 23.8 Å². The first-order valence-corrected chi connectivity index (χ1v) is 7.21. The van der Waals surface area contributed by atoms with E-state index in [1.54, 1.807) is 5.57 Å². The normalized spacial score (nSPS) is 53.1. The van der Waals surface area contributed by atoms with Gasteiger partial charge in [-0.2, -0.15) is 0 Å². The first-order valence-electron chi connectivity index (χ1n) is 7.21. The van der Waals surface area contributed by atoms with Crippen molar-refractivity contribution >= 4 is 5.78 Å². The highest BCUT2D eigenvalue weighted by Gasteiger charge is 2.58. The van der Waals surface area contributed by atoms with Gasteiger partial charge in [0.1, 0.15) is 5.78 Å². The highest BCUT2D eigenvalue weighted by atomic mass is 16.5. The molecule has 4 unspecified atom stereocenters. The fourth-order valence-electron chi connectivity index (χ4n) is 4.79. The quantitative estimate of drug-likeness (QED) is 0.612. The molecular formula is C16H20O2. The number of ketones is 1. The summed E-state index contributed by atoms with van der Waals surface area (Å²) in [7, 11) is 0. The maximum absolute atomic E-state index is 12.7. The Morgan fingerprint density at radius 2 is 2.11 bits per heavy atom. The van der Waals surface area contributed by atoms with E-state index in [1.165, 1.54) is 12.8 Å². The fraction of sp³-hybridized carbons (Fsp3) is 0.688. The van der Waals surface area contributed by atoms with E-state index in [4.69, 9.17) is 4.74 Å². The molecule has 1 saturated carbocycles. The summed E-state index contributed by atoms with van der Waals surface area (Å²) < 4.78 is 6.01. The minimum absolute atomic E-state index is 0.00590. The van der Waals surface area contributed by atoms with Crippen molar-refractivity contribution < 1.29 is 9.53 Å². The predicted molar refractivity (Wildman–Crippen MR) is 69.0 cm³/mol. The van der Waals surface area contributed by atoms with Crippen LogP contribution in [0.3, 0.4) is 0 Å². The third-order valence-electron chi connectivity index (χ3n) is 5.69. The topological polar surface area (TPSA) is 26.3 Å². The first-order chi connectivity index (χ1) is 8.61. The van der Waals surface area contributed by atoms with Crippen LogP contribution in [-0.2, 0) is 9.53 Å². The summed E-state index contributed by atoms with van der Waals surface area (Å²) in [6.45, 7) is 4.62. The Bertz CT molecular complexity index is 475. The molecule has 0 N–H and O–H groups in total. The van der Waals surface area contributed by atoms with Crippen LogP contribution in [0.25, 0.3) is 0 Å². The van der Waals surface area contributed by atoms with Crippen molar-refractivity contribution in [1.29, 1.82) is 0 Å². The molecule has 2 aliphatic carbocycles. The Morgan fingerprint density at radius 3 is 2.94 bits per heavy atom. The van der Waals surface area contributed by atoms with Gasteiger partial charge in [-0.3, -0.25) is 4.79 Å². The second kappa shape index (κ2) is 3.36. The predicted octanol–water partition coefficient (Wildman–Crippen LogP) is 2.89. The number of allylic oxidation sites excluding steroid dienone is 1. The molecule has 2 heteroatoms. The molecule has 96 valence electrons. The molecule has 0 aromatic rings. The molecule has 4 bridgehead atoms. The lowest BCUT2D eigenvalue weighted by atomic mass is 9.54. The Balaban J connectivity index is 1.90. The Morgan fingerprint density at radius 1 is 1.33 bits per heavy atom. The molecule has 2 nitrogen and oxygen atoms in total. The standard InChI is InChI=1S/C16H20O2/c1-9-4-3-7-16(2)11(9)8-10-12-5-6-13(18-12)14(16)15(10)17/h5-6,8-10,12-14H,3-4,7H2,1-2H3/t9-,10?,12?,13?,14?,16-/m0/s1. The molecule has 0 aromatic heterocycles. The molecular weight excluding hydrogens is 224 g/mol. The summed E-state index contributed by atoms with van der Waals surface area (Å²) >= 11 is 0. The number of carbonyl (C=O) groups is 1. The molecule has 2 aliphatic heterocycles. The van der Waals surface area contributed by atoms with E-state index in [2.05, 4.69) is 32.1 Å². The van der Waals surface area contributed by atoms with Crippen molar-refractivity contribution in [3.63, 3.8) is 0 Å². The molecule has 0 amide bonds. The average molecular weight is 244 g/mol. The Labute approximate surface area is 108 Å². The summed E-state index contributed by atoms with van der Waals surface area (Å²) in [5, 5.41) is 0. The second-order valence-electron chi connectivity index (χ2n) is 6.69. The number of fused-ring (bicyclic) bond motifs is 8. The third kappa shape index (κ3) is 1.15. The smallest absolute Gasteiger partial charge is 0.149 e. The number of Topliss-reactive ketones (excluding diaryl/α,β-unsaturated/α-hetero) is 1. The van der Waals surface area contributed by atoms with Crippen molar-refractivity contribution in [2.75, 3.05) is 0 Å². The molecule has 4 rings (SSSR count). The largest absolute Gasteiger partial charge is 0.365 e. The van der Waals surface area contributed by atoms with Crippen LogP contribution in [0.1, 0.15) is 33.1 Å². The monoisotopic (exact) mass is 244 g/mol. The number of ether oxygens (including phenoxy) is 1. The molecule has 2 fully saturated rings. The van der Waals surface area contributed by atoms with Crippen LogP contribution in [-0.4, -0.2) is 18.0 Å². The van der Waals surface area contributed by atoms with Crippen molar-refractivity contribution in [2.24, 2.45) is 23.2 Å². The lowest BCUT2D eigenvalue weighted by Crippen LogP contribution is -2.55. The van der Waals surface area contributed by atoms with Gasteiger partial charge in [-0.25, -0.2) is 0 Å². The van der Waals surface area contributed by atoms with E-state index in [0.717, 1.165) is 6.42 Å². The third-order valence-corrected chi connectivity index (χ3v) is 5.69. The molecule has 6 atom stereocenters. The summed E-state index contributed by atoms with van der Waals surface area (Å²) in [6.07, 6.45) is 10.2. The van der Waals surface area contributed by atoms with E-state index in [0.29, 0.717) is 11.7 Å². The van der Waals surface area contributed by atoms with E-state index in [-0.39, 0.29) is 29.5 Å². The minimum Gasteiger partial charge on any atom is -0.365 e. The zero-order valence-electron chi connectivity index (χ0n) is 11.1. The summed E-state index contributed by atoms with van der Waals surface area (Å²) in [5.74, 6) is 1.13. The van der Waals surface area contributed by atoms with Gasteiger partial charge in [0.25, 0.3) is 0 Å².